The first-order chi connectivity index (χ1) is 10.2. The Morgan fingerprint density at radius 1 is 1.24 bits per heavy atom. The van der Waals surface area contributed by atoms with Gasteiger partial charge in [0.1, 0.15) is 12.6 Å². The zero-order chi connectivity index (χ0) is 14.7. The summed E-state index contributed by atoms with van der Waals surface area (Å²) in [5, 5.41) is 3.52. The van der Waals surface area contributed by atoms with Gasteiger partial charge in [-0.2, -0.15) is 0 Å². The van der Waals surface area contributed by atoms with Gasteiger partial charge in [-0.05, 0) is 49.3 Å². The average Bonchev–Trinajstić information content (AvgIpc) is 2.52. The minimum absolute atomic E-state index is 0.0981. The molecule has 1 aliphatic heterocycles. The minimum Gasteiger partial charge on any atom is -0.460 e. The minimum atomic E-state index is -0.114. The Morgan fingerprint density at radius 3 is 2.95 bits per heavy atom. The zero-order valence-electron chi connectivity index (χ0n) is 12.2. The van der Waals surface area contributed by atoms with E-state index in [1.54, 1.807) is 0 Å². The Balaban J connectivity index is 1.51. The maximum atomic E-state index is 12.2. The summed E-state index contributed by atoms with van der Waals surface area (Å²) >= 11 is 3.43. The summed E-state index contributed by atoms with van der Waals surface area (Å²) < 4.78 is 6.49. The van der Waals surface area contributed by atoms with Crippen LogP contribution in [0.1, 0.15) is 44.1 Å². The normalized spacial score (nSPS) is 28.7. The third kappa shape index (κ3) is 3.86. The second-order valence-electron chi connectivity index (χ2n) is 6.19. The number of esters is 1. The van der Waals surface area contributed by atoms with Crippen molar-refractivity contribution in [1.82, 2.24) is 5.32 Å². The number of carbonyl (C=O) groups is 1. The highest BCUT2D eigenvalue weighted by atomic mass is 79.9. The zero-order valence-corrected chi connectivity index (χ0v) is 13.8. The molecule has 0 amide bonds. The lowest BCUT2D eigenvalue weighted by Crippen LogP contribution is -2.52. The Bertz CT molecular complexity index is 505. The molecule has 1 N–H and O–H groups in total. The van der Waals surface area contributed by atoms with E-state index in [4.69, 9.17) is 4.74 Å². The molecule has 2 aliphatic rings. The van der Waals surface area contributed by atoms with Crippen LogP contribution >= 0.6 is 15.9 Å². The largest absolute Gasteiger partial charge is 0.460 e. The van der Waals surface area contributed by atoms with Gasteiger partial charge in [0.25, 0.3) is 0 Å². The van der Waals surface area contributed by atoms with Crippen molar-refractivity contribution < 1.29 is 9.53 Å². The number of piperidine rings is 1. The summed E-state index contributed by atoms with van der Waals surface area (Å²) in [6, 6.07) is 8.30. The van der Waals surface area contributed by atoms with Gasteiger partial charge >= 0.3 is 5.97 Å². The first-order valence-corrected chi connectivity index (χ1v) is 8.69. The van der Waals surface area contributed by atoms with Gasteiger partial charge in [-0.1, -0.05) is 40.9 Å². The molecular formula is C17H22BrNO2. The molecule has 0 bridgehead atoms. The number of hydrogen-bond acceptors (Lipinski definition) is 3. The van der Waals surface area contributed by atoms with Crippen molar-refractivity contribution in [2.24, 2.45) is 5.92 Å². The Labute approximate surface area is 134 Å². The highest BCUT2D eigenvalue weighted by molar-refractivity contribution is 9.10. The topological polar surface area (TPSA) is 38.3 Å². The molecule has 0 spiro atoms. The number of fused-ring (bicyclic) bond motifs is 1. The summed E-state index contributed by atoms with van der Waals surface area (Å²) in [5.74, 6) is 0.673. The fourth-order valence-corrected chi connectivity index (χ4v) is 4.01. The van der Waals surface area contributed by atoms with Gasteiger partial charge in [-0.25, -0.2) is 0 Å². The highest BCUT2D eigenvalue weighted by Gasteiger charge is 2.35. The molecule has 4 heteroatoms. The van der Waals surface area contributed by atoms with Crippen molar-refractivity contribution in [1.29, 1.82) is 0 Å². The molecule has 3 rings (SSSR count). The van der Waals surface area contributed by atoms with Crippen LogP contribution in [0.4, 0.5) is 0 Å². The second kappa shape index (κ2) is 6.93. The lowest BCUT2D eigenvalue weighted by atomic mass is 9.78. The first kappa shape index (κ1) is 15.0. The molecule has 1 heterocycles. The van der Waals surface area contributed by atoms with Crippen LogP contribution in [0.25, 0.3) is 0 Å². The van der Waals surface area contributed by atoms with Crippen LogP contribution in [0.5, 0.6) is 0 Å². The van der Waals surface area contributed by atoms with E-state index in [0.717, 1.165) is 28.8 Å². The van der Waals surface area contributed by atoms with Crippen molar-refractivity contribution in [3.05, 3.63) is 34.3 Å². The molecule has 1 aromatic carbocycles. The van der Waals surface area contributed by atoms with Gasteiger partial charge in [-0.3, -0.25) is 4.79 Å². The highest BCUT2D eigenvalue weighted by Crippen LogP contribution is 2.32. The summed E-state index contributed by atoms with van der Waals surface area (Å²) in [6.45, 7) is 0.352. The SMILES string of the molecule is O=C(OCc1cccc(Br)c1)C1CCC2CCCCC2N1. The molecule has 1 saturated carbocycles. The van der Waals surface area contributed by atoms with E-state index in [1.807, 2.05) is 24.3 Å². The Morgan fingerprint density at radius 2 is 2.10 bits per heavy atom. The molecule has 114 valence electrons. The fraction of sp³-hybridized carbons (Fsp3) is 0.588. The molecule has 1 aromatic rings. The van der Waals surface area contributed by atoms with Gasteiger partial charge in [0.2, 0.25) is 0 Å². The van der Waals surface area contributed by atoms with E-state index < -0.39 is 0 Å². The molecule has 3 unspecified atom stereocenters. The summed E-state index contributed by atoms with van der Waals surface area (Å²) in [7, 11) is 0. The van der Waals surface area contributed by atoms with Crippen molar-refractivity contribution in [2.75, 3.05) is 0 Å². The maximum Gasteiger partial charge on any atom is 0.323 e. The summed E-state index contributed by atoms with van der Waals surface area (Å²) in [5.41, 5.74) is 1.02. The molecule has 1 saturated heterocycles. The predicted molar refractivity (Wildman–Crippen MR) is 85.8 cm³/mol. The average molecular weight is 352 g/mol. The standard InChI is InChI=1S/C17H22BrNO2/c18-14-6-3-4-12(10-14)11-21-17(20)16-9-8-13-5-1-2-7-15(13)19-16/h3-4,6,10,13,15-16,19H,1-2,5,7-9,11H2. The van der Waals surface area contributed by atoms with Crippen LogP contribution in [-0.2, 0) is 16.1 Å². The molecule has 2 fully saturated rings. The Kier molecular flexibility index (Phi) is 4.96. The summed E-state index contributed by atoms with van der Waals surface area (Å²) in [6.07, 6.45) is 7.24. The molecule has 1 aliphatic carbocycles. The van der Waals surface area contributed by atoms with Crippen LogP contribution in [0.15, 0.2) is 28.7 Å². The quantitative estimate of drug-likeness (QED) is 0.841. The van der Waals surface area contributed by atoms with Crippen LogP contribution in [-0.4, -0.2) is 18.1 Å². The number of rotatable bonds is 3. The number of carbonyl (C=O) groups excluding carboxylic acids is 1. The van der Waals surface area contributed by atoms with E-state index in [9.17, 15) is 4.79 Å². The van der Waals surface area contributed by atoms with Crippen LogP contribution < -0.4 is 5.32 Å². The van der Waals surface area contributed by atoms with E-state index in [1.165, 1.54) is 25.7 Å². The van der Waals surface area contributed by atoms with Gasteiger partial charge < -0.3 is 10.1 Å². The molecule has 0 aromatic heterocycles. The monoisotopic (exact) mass is 351 g/mol. The second-order valence-corrected chi connectivity index (χ2v) is 7.10. The van der Waals surface area contributed by atoms with E-state index in [0.29, 0.717) is 12.6 Å². The van der Waals surface area contributed by atoms with Crippen LogP contribution in [0, 0.1) is 5.92 Å². The van der Waals surface area contributed by atoms with Gasteiger partial charge in [0.15, 0.2) is 0 Å². The number of hydrogen-bond donors (Lipinski definition) is 1. The summed E-state index contributed by atoms with van der Waals surface area (Å²) in [4.78, 5) is 12.2. The molecule has 21 heavy (non-hydrogen) atoms. The van der Waals surface area contributed by atoms with E-state index in [2.05, 4.69) is 21.2 Å². The van der Waals surface area contributed by atoms with E-state index in [-0.39, 0.29) is 12.0 Å². The molecular weight excluding hydrogens is 330 g/mol. The number of nitrogens with one attached hydrogen (secondary N) is 1. The third-order valence-electron chi connectivity index (χ3n) is 4.71. The van der Waals surface area contributed by atoms with Gasteiger partial charge in [0.05, 0.1) is 0 Å². The molecule has 3 atom stereocenters. The smallest absolute Gasteiger partial charge is 0.323 e. The van der Waals surface area contributed by atoms with Gasteiger partial charge in [0, 0.05) is 10.5 Å². The van der Waals surface area contributed by atoms with Crippen LogP contribution in [0.3, 0.4) is 0 Å². The lowest BCUT2D eigenvalue weighted by Gasteiger charge is -2.39. The first-order valence-electron chi connectivity index (χ1n) is 7.89. The molecule has 3 nitrogen and oxygen atoms in total. The van der Waals surface area contributed by atoms with E-state index >= 15 is 0 Å². The number of ether oxygens (including phenoxy) is 1. The fourth-order valence-electron chi connectivity index (χ4n) is 3.56. The van der Waals surface area contributed by atoms with Crippen molar-refractivity contribution >= 4 is 21.9 Å². The van der Waals surface area contributed by atoms with Gasteiger partial charge in [-0.15, -0.1) is 0 Å². The van der Waals surface area contributed by atoms with Crippen molar-refractivity contribution in [3.8, 4) is 0 Å². The maximum absolute atomic E-state index is 12.2. The van der Waals surface area contributed by atoms with Crippen molar-refractivity contribution in [3.63, 3.8) is 0 Å². The molecule has 0 radical (unpaired) electrons. The van der Waals surface area contributed by atoms with Crippen molar-refractivity contribution in [2.45, 2.75) is 57.2 Å². The number of benzene rings is 1. The predicted octanol–water partition coefficient (Wildman–Crippen LogP) is 3.80. The van der Waals surface area contributed by atoms with Crippen LogP contribution in [0.2, 0.25) is 0 Å². The third-order valence-corrected chi connectivity index (χ3v) is 5.20. The Hall–Kier alpha value is -0.870. The lowest BCUT2D eigenvalue weighted by molar-refractivity contribution is -0.149. The number of halogens is 1.